The van der Waals surface area contributed by atoms with Crippen LogP contribution in [0.4, 0.5) is 5.69 Å². The minimum absolute atomic E-state index is 0.260. The van der Waals surface area contributed by atoms with E-state index in [-0.39, 0.29) is 11.8 Å². The summed E-state index contributed by atoms with van der Waals surface area (Å²) in [6, 6.07) is 9.60. The molecule has 0 aliphatic rings. The number of rotatable bonds is 5. The third-order valence-corrected chi connectivity index (χ3v) is 4.59. The summed E-state index contributed by atoms with van der Waals surface area (Å²) in [7, 11) is 4.76. The maximum Gasteiger partial charge on any atom is 0.262 e. The fourth-order valence-electron chi connectivity index (χ4n) is 3.15. The van der Waals surface area contributed by atoms with Crippen LogP contribution in [0.1, 0.15) is 15.9 Å². The number of benzene rings is 1. The molecule has 0 atom stereocenters. The highest BCUT2D eigenvalue weighted by atomic mass is 16.5. The summed E-state index contributed by atoms with van der Waals surface area (Å²) in [6.45, 7) is 2.03. The van der Waals surface area contributed by atoms with Gasteiger partial charge in [-0.15, -0.1) is 5.10 Å². The van der Waals surface area contributed by atoms with Crippen molar-refractivity contribution in [3.05, 3.63) is 60.0 Å². The molecule has 148 valence electrons. The first-order valence-electron chi connectivity index (χ1n) is 9.01. The maximum atomic E-state index is 12.8. The highest BCUT2D eigenvalue weighted by Gasteiger charge is 2.18. The first-order chi connectivity index (χ1) is 14.0. The Morgan fingerprint density at radius 1 is 1.10 bits per heavy atom. The van der Waals surface area contributed by atoms with E-state index in [9.17, 15) is 4.79 Å². The van der Waals surface area contributed by atoms with Crippen LogP contribution < -0.4 is 14.8 Å². The largest absolute Gasteiger partial charge is 0.495 e. The fraction of sp³-hybridized carbons (Fsp3) is 0.190. The summed E-state index contributed by atoms with van der Waals surface area (Å²) >= 11 is 0. The van der Waals surface area contributed by atoms with Crippen LogP contribution in [-0.2, 0) is 7.05 Å². The van der Waals surface area contributed by atoms with Crippen LogP contribution >= 0.6 is 0 Å². The van der Waals surface area contributed by atoms with Gasteiger partial charge in [0.1, 0.15) is 17.0 Å². The van der Waals surface area contributed by atoms with Crippen LogP contribution in [0.25, 0.3) is 16.9 Å². The Bertz CT molecular complexity index is 1210. The number of aromatic nitrogens is 4. The van der Waals surface area contributed by atoms with Gasteiger partial charge in [0.15, 0.2) is 0 Å². The number of anilines is 1. The van der Waals surface area contributed by atoms with Gasteiger partial charge in [-0.2, -0.15) is 0 Å². The minimum atomic E-state index is -0.337. The van der Waals surface area contributed by atoms with Crippen LogP contribution in [0.2, 0.25) is 0 Å². The highest BCUT2D eigenvalue weighted by molar-refractivity contribution is 6.06. The van der Waals surface area contributed by atoms with Gasteiger partial charge in [0, 0.05) is 31.2 Å². The van der Waals surface area contributed by atoms with Gasteiger partial charge in [-0.3, -0.25) is 9.48 Å². The molecule has 1 N–H and O–H groups in total. The molecule has 1 amide bonds. The lowest BCUT2D eigenvalue weighted by molar-refractivity contribution is 0.102. The SMILES string of the molecule is COc1ccc(-c2cn3ccc(C)cc3n2)cc1NC(=O)c1cn(C)nc1OC. The topological polar surface area (TPSA) is 82.7 Å². The second-order valence-electron chi connectivity index (χ2n) is 6.69. The quantitative estimate of drug-likeness (QED) is 0.564. The second-order valence-corrected chi connectivity index (χ2v) is 6.69. The molecular formula is C21H21N5O3. The van der Waals surface area contributed by atoms with E-state index in [1.807, 2.05) is 48.0 Å². The van der Waals surface area contributed by atoms with E-state index >= 15 is 0 Å². The molecule has 0 aliphatic heterocycles. The molecule has 0 fully saturated rings. The van der Waals surface area contributed by atoms with Gasteiger partial charge in [-0.25, -0.2) is 4.98 Å². The Kier molecular flexibility index (Phi) is 4.67. The van der Waals surface area contributed by atoms with Gasteiger partial charge in [0.2, 0.25) is 5.88 Å². The summed E-state index contributed by atoms with van der Waals surface area (Å²) in [5.41, 5.74) is 4.54. The third kappa shape index (κ3) is 3.52. The summed E-state index contributed by atoms with van der Waals surface area (Å²) in [5, 5.41) is 7.01. The van der Waals surface area contributed by atoms with E-state index in [1.54, 1.807) is 26.4 Å². The predicted octanol–water partition coefficient (Wildman–Crippen LogP) is 3.31. The average Bonchev–Trinajstić information content (AvgIpc) is 3.30. The lowest BCUT2D eigenvalue weighted by Gasteiger charge is -2.11. The molecule has 8 nitrogen and oxygen atoms in total. The van der Waals surface area contributed by atoms with Crippen molar-refractivity contribution in [3.8, 4) is 22.9 Å². The molecule has 29 heavy (non-hydrogen) atoms. The Balaban J connectivity index is 1.70. The van der Waals surface area contributed by atoms with Gasteiger partial charge < -0.3 is 19.2 Å². The standard InChI is InChI=1S/C21H21N5O3/c1-13-7-8-26-12-17(22-19(26)9-13)14-5-6-18(28-3)16(10-14)23-20(27)15-11-25(2)24-21(15)29-4/h5-12H,1-4H3,(H,23,27). The minimum Gasteiger partial charge on any atom is -0.495 e. The van der Waals surface area contributed by atoms with Crippen molar-refractivity contribution in [1.29, 1.82) is 0 Å². The summed E-state index contributed by atoms with van der Waals surface area (Å²) in [6.07, 6.45) is 5.53. The fourth-order valence-corrected chi connectivity index (χ4v) is 3.15. The summed E-state index contributed by atoms with van der Waals surface area (Å²) in [4.78, 5) is 17.5. The van der Waals surface area contributed by atoms with Crippen LogP contribution in [0.15, 0.2) is 48.9 Å². The molecule has 0 unspecified atom stereocenters. The molecule has 0 saturated heterocycles. The van der Waals surface area contributed by atoms with Crippen molar-refractivity contribution in [3.63, 3.8) is 0 Å². The molecule has 0 saturated carbocycles. The number of fused-ring (bicyclic) bond motifs is 1. The smallest absolute Gasteiger partial charge is 0.262 e. The maximum absolute atomic E-state index is 12.8. The van der Waals surface area contributed by atoms with Crippen LogP contribution in [0.5, 0.6) is 11.6 Å². The van der Waals surface area contributed by atoms with E-state index < -0.39 is 0 Å². The van der Waals surface area contributed by atoms with E-state index in [0.29, 0.717) is 17.0 Å². The number of nitrogens with one attached hydrogen (secondary N) is 1. The van der Waals surface area contributed by atoms with Gasteiger partial charge in [-0.05, 0) is 42.8 Å². The number of amides is 1. The molecule has 4 aromatic rings. The number of methoxy groups -OCH3 is 2. The van der Waals surface area contributed by atoms with E-state index in [0.717, 1.165) is 22.5 Å². The van der Waals surface area contributed by atoms with E-state index in [4.69, 9.17) is 9.47 Å². The van der Waals surface area contributed by atoms with Crippen molar-refractivity contribution in [2.75, 3.05) is 19.5 Å². The molecule has 1 aromatic carbocycles. The lowest BCUT2D eigenvalue weighted by atomic mass is 10.1. The van der Waals surface area contributed by atoms with Crippen molar-refractivity contribution < 1.29 is 14.3 Å². The van der Waals surface area contributed by atoms with Crippen molar-refractivity contribution in [2.24, 2.45) is 7.05 Å². The molecule has 0 spiro atoms. The van der Waals surface area contributed by atoms with Gasteiger partial charge >= 0.3 is 0 Å². The molecule has 8 heteroatoms. The average molecular weight is 391 g/mol. The third-order valence-electron chi connectivity index (χ3n) is 4.59. The summed E-state index contributed by atoms with van der Waals surface area (Å²) < 4.78 is 14.1. The Morgan fingerprint density at radius 3 is 2.69 bits per heavy atom. The van der Waals surface area contributed by atoms with Gasteiger partial charge in [0.25, 0.3) is 5.91 Å². The molecule has 3 aromatic heterocycles. The van der Waals surface area contributed by atoms with Crippen LogP contribution in [0.3, 0.4) is 0 Å². The highest BCUT2D eigenvalue weighted by Crippen LogP contribution is 2.31. The Labute approximate surface area is 167 Å². The van der Waals surface area contributed by atoms with Crippen molar-refractivity contribution in [1.82, 2.24) is 19.2 Å². The number of hydrogen-bond donors (Lipinski definition) is 1. The predicted molar refractivity (Wildman–Crippen MR) is 110 cm³/mol. The number of carbonyl (C=O) groups excluding carboxylic acids is 1. The zero-order valence-corrected chi connectivity index (χ0v) is 16.6. The first-order valence-corrected chi connectivity index (χ1v) is 9.01. The van der Waals surface area contributed by atoms with E-state index in [1.165, 1.54) is 11.8 Å². The number of aryl methyl sites for hydroxylation is 2. The molecule has 0 aliphatic carbocycles. The molecule has 3 heterocycles. The van der Waals surface area contributed by atoms with Gasteiger partial charge in [-0.1, -0.05) is 0 Å². The zero-order chi connectivity index (χ0) is 20.5. The van der Waals surface area contributed by atoms with Crippen LogP contribution in [0, 0.1) is 6.92 Å². The monoisotopic (exact) mass is 391 g/mol. The molecule has 0 radical (unpaired) electrons. The molecular weight excluding hydrogens is 370 g/mol. The van der Waals surface area contributed by atoms with Crippen molar-refractivity contribution >= 4 is 17.2 Å². The zero-order valence-electron chi connectivity index (χ0n) is 16.6. The van der Waals surface area contributed by atoms with E-state index in [2.05, 4.69) is 15.4 Å². The number of nitrogens with zero attached hydrogens (tertiary/aromatic N) is 4. The summed E-state index contributed by atoms with van der Waals surface area (Å²) in [5.74, 6) is 0.469. The molecule has 4 rings (SSSR count). The number of ether oxygens (including phenoxy) is 2. The Hall–Kier alpha value is -3.81. The Morgan fingerprint density at radius 2 is 1.93 bits per heavy atom. The molecule has 0 bridgehead atoms. The number of pyridine rings is 1. The number of hydrogen-bond acceptors (Lipinski definition) is 5. The second kappa shape index (κ2) is 7.31. The number of carbonyl (C=O) groups is 1. The normalized spacial score (nSPS) is 10.9. The number of imidazole rings is 1. The first kappa shape index (κ1) is 18.5. The lowest BCUT2D eigenvalue weighted by Crippen LogP contribution is -2.13. The van der Waals surface area contributed by atoms with Gasteiger partial charge in [0.05, 0.1) is 25.6 Å². The van der Waals surface area contributed by atoms with Crippen molar-refractivity contribution in [2.45, 2.75) is 6.92 Å². The van der Waals surface area contributed by atoms with Crippen LogP contribution in [-0.4, -0.2) is 39.3 Å².